The van der Waals surface area contributed by atoms with Gasteiger partial charge >= 0.3 is 4.87 Å². The van der Waals surface area contributed by atoms with E-state index in [0.717, 1.165) is 27.6 Å². The van der Waals surface area contributed by atoms with Gasteiger partial charge in [-0.15, -0.1) is 11.8 Å². The smallest absolute Gasteiger partial charge is 0.308 e. The SMILES string of the molecule is COc1ccc(C2c3sc(=O)n(CC(=O)N4CCOCC4)c3SC3C4CC(C5C(=O)N(c6ccccc6)C(=O)C45)C23)cc1. The van der Waals surface area contributed by atoms with Crippen LogP contribution in [0.2, 0.25) is 0 Å². The van der Waals surface area contributed by atoms with Crippen molar-refractivity contribution >= 4 is 46.5 Å². The number of fused-ring (bicyclic) bond motifs is 9. The molecule has 3 aromatic rings. The molecule has 7 atom stereocenters. The number of nitrogens with zero attached hydrogens (tertiary/aromatic N) is 3. The molecule has 7 unspecified atom stereocenters. The molecular formula is C32H31N3O6S2. The Balaban J connectivity index is 1.20. The monoisotopic (exact) mass is 617 g/mol. The van der Waals surface area contributed by atoms with Crippen LogP contribution in [0.25, 0.3) is 0 Å². The number of hydrogen-bond acceptors (Lipinski definition) is 8. The second kappa shape index (κ2) is 10.3. The number of carbonyl (C=O) groups excluding carboxylic acids is 3. The largest absolute Gasteiger partial charge is 0.497 e. The molecule has 0 N–H and O–H groups in total. The Morgan fingerprint density at radius 1 is 0.953 bits per heavy atom. The van der Waals surface area contributed by atoms with Crippen LogP contribution in [0.3, 0.4) is 0 Å². The summed E-state index contributed by atoms with van der Waals surface area (Å²) in [6.45, 7) is 2.03. The van der Waals surface area contributed by atoms with Gasteiger partial charge in [0.2, 0.25) is 17.7 Å². The molecule has 5 aliphatic rings. The summed E-state index contributed by atoms with van der Waals surface area (Å²) >= 11 is 2.87. The number of morpholine rings is 1. The molecule has 3 amide bonds. The van der Waals surface area contributed by atoms with Crippen molar-refractivity contribution in [2.24, 2.45) is 29.6 Å². The Kier molecular flexibility index (Phi) is 6.54. The number of thioether (sulfide) groups is 1. The van der Waals surface area contributed by atoms with Crippen molar-refractivity contribution in [3.63, 3.8) is 0 Å². The minimum atomic E-state index is -0.363. The first-order valence-electron chi connectivity index (χ1n) is 14.8. The normalized spacial score (nSPS) is 30.8. The van der Waals surface area contributed by atoms with E-state index in [0.29, 0.717) is 32.0 Å². The highest BCUT2D eigenvalue weighted by atomic mass is 32.2. The number of hydrogen-bond donors (Lipinski definition) is 0. The van der Waals surface area contributed by atoms with Crippen molar-refractivity contribution < 1.29 is 23.9 Å². The molecule has 1 aromatic heterocycles. The number of benzene rings is 2. The average molecular weight is 618 g/mol. The maximum Gasteiger partial charge on any atom is 0.308 e. The van der Waals surface area contributed by atoms with E-state index >= 15 is 0 Å². The van der Waals surface area contributed by atoms with E-state index in [1.165, 1.54) is 16.2 Å². The Labute approximate surface area is 256 Å². The summed E-state index contributed by atoms with van der Waals surface area (Å²) in [5.41, 5.74) is 1.69. The summed E-state index contributed by atoms with van der Waals surface area (Å²) < 4.78 is 12.5. The lowest BCUT2D eigenvalue weighted by molar-refractivity contribution is -0.136. The van der Waals surface area contributed by atoms with Gasteiger partial charge in [0.05, 0.1) is 42.9 Å². The number of rotatable bonds is 5. The van der Waals surface area contributed by atoms with Crippen LogP contribution < -0.4 is 14.5 Å². The summed E-state index contributed by atoms with van der Waals surface area (Å²) in [7, 11) is 1.63. The van der Waals surface area contributed by atoms with Gasteiger partial charge in [0.15, 0.2) is 0 Å². The van der Waals surface area contributed by atoms with Crippen molar-refractivity contribution in [3.8, 4) is 5.75 Å². The fourth-order valence-corrected chi connectivity index (χ4v) is 11.5. The van der Waals surface area contributed by atoms with Crippen LogP contribution in [-0.2, 0) is 25.7 Å². The molecule has 0 radical (unpaired) electrons. The zero-order chi connectivity index (χ0) is 29.4. The Morgan fingerprint density at radius 2 is 1.65 bits per heavy atom. The van der Waals surface area contributed by atoms with E-state index in [-0.39, 0.29) is 69.9 Å². The highest BCUT2D eigenvalue weighted by Gasteiger charge is 2.69. The highest BCUT2D eigenvalue weighted by molar-refractivity contribution is 8.00. The lowest BCUT2D eigenvalue weighted by atomic mass is 9.68. The van der Waals surface area contributed by atoms with E-state index in [1.54, 1.807) is 28.3 Å². The van der Waals surface area contributed by atoms with Crippen LogP contribution in [0.4, 0.5) is 5.69 Å². The zero-order valence-electron chi connectivity index (χ0n) is 23.6. The molecule has 2 aliphatic carbocycles. The molecule has 4 fully saturated rings. The molecule has 9 nitrogen and oxygen atoms in total. The number of para-hydroxylation sites is 1. The third kappa shape index (κ3) is 4.08. The van der Waals surface area contributed by atoms with E-state index in [2.05, 4.69) is 12.1 Å². The first kappa shape index (κ1) is 27.2. The number of thiazole rings is 1. The van der Waals surface area contributed by atoms with Gasteiger partial charge in [-0.2, -0.15) is 0 Å². The molecule has 2 bridgehead atoms. The van der Waals surface area contributed by atoms with Crippen LogP contribution in [0.15, 0.2) is 64.4 Å². The number of anilines is 1. The molecule has 222 valence electrons. The van der Waals surface area contributed by atoms with E-state index in [4.69, 9.17) is 9.47 Å². The van der Waals surface area contributed by atoms with Crippen LogP contribution in [0.1, 0.15) is 22.8 Å². The summed E-state index contributed by atoms with van der Waals surface area (Å²) in [6.07, 6.45) is 0.816. The van der Waals surface area contributed by atoms with Crippen LogP contribution in [0.5, 0.6) is 5.75 Å². The molecule has 2 aromatic carbocycles. The van der Waals surface area contributed by atoms with Crippen molar-refractivity contribution in [3.05, 3.63) is 74.7 Å². The van der Waals surface area contributed by atoms with Gasteiger partial charge < -0.3 is 14.4 Å². The predicted molar refractivity (Wildman–Crippen MR) is 161 cm³/mol. The van der Waals surface area contributed by atoms with Gasteiger partial charge in [-0.1, -0.05) is 41.7 Å². The van der Waals surface area contributed by atoms with Gasteiger partial charge in [-0.05, 0) is 54.0 Å². The molecule has 2 saturated carbocycles. The Hall–Kier alpha value is -3.41. The third-order valence-electron chi connectivity index (χ3n) is 10.1. The number of ether oxygens (including phenoxy) is 2. The maximum absolute atomic E-state index is 13.9. The third-order valence-corrected chi connectivity index (χ3v) is 12.9. The van der Waals surface area contributed by atoms with Gasteiger partial charge in [0.1, 0.15) is 12.3 Å². The summed E-state index contributed by atoms with van der Waals surface area (Å²) in [6, 6.07) is 17.2. The van der Waals surface area contributed by atoms with Gasteiger partial charge in [-0.25, -0.2) is 0 Å². The molecule has 2 saturated heterocycles. The molecule has 43 heavy (non-hydrogen) atoms. The number of carbonyl (C=O) groups is 3. The van der Waals surface area contributed by atoms with E-state index in [9.17, 15) is 19.2 Å². The fraction of sp³-hybridized carbons (Fsp3) is 0.438. The van der Waals surface area contributed by atoms with E-state index < -0.39 is 0 Å². The van der Waals surface area contributed by atoms with Crippen LogP contribution in [0, 0.1) is 29.6 Å². The Bertz CT molecular complexity index is 1660. The molecule has 0 spiro atoms. The summed E-state index contributed by atoms with van der Waals surface area (Å²) in [5, 5.41) is 0.886. The van der Waals surface area contributed by atoms with Gasteiger partial charge in [0, 0.05) is 29.1 Å². The standard InChI is InChI=1S/C32H31N3O6S2/c1-40-19-9-7-17(8-10-19)23-24-20-15-21(26-25(20)29(37)35(30(26)38)18-5-3-2-4-6-18)27(24)42-31-28(23)43-32(39)34(31)16-22(36)33-11-13-41-14-12-33/h2-10,20-21,23-27H,11-16H2,1H3. The van der Waals surface area contributed by atoms with Crippen LogP contribution in [-0.4, -0.2) is 65.9 Å². The van der Waals surface area contributed by atoms with Crippen molar-refractivity contribution in [2.45, 2.75) is 29.2 Å². The minimum Gasteiger partial charge on any atom is -0.497 e. The molecule has 4 heterocycles. The quantitative estimate of drug-likeness (QED) is 0.405. The molecule has 8 rings (SSSR count). The number of aromatic nitrogens is 1. The maximum atomic E-state index is 13.9. The van der Waals surface area contributed by atoms with Crippen molar-refractivity contribution in [1.29, 1.82) is 0 Å². The zero-order valence-corrected chi connectivity index (χ0v) is 25.2. The van der Waals surface area contributed by atoms with Crippen molar-refractivity contribution in [2.75, 3.05) is 38.3 Å². The van der Waals surface area contributed by atoms with Crippen molar-refractivity contribution in [1.82, 2.24) is 9.47 Å². The number of imide groups is 1. The first-order valence-corrected chi connectivity index (χ1v) is 16.5. The minimum absolute atomic E-state index is 0.0102. The molecule has 3 aliphatic heterocycles. The Morgan fingerprint density at radius 3 is 2.35 bits per heavy atom. The van der Waals surface area contributed by atoms with E-state index in [1.807, 2.05) is 42.5 Å². The first-order chi connectivity index (χ1) is 21.0. The lowest BCUT2D eigenvalue weighted by Gasteiger charge is -2.43. The topological polar surface area (TPSA) is 98.2 Å². The predicted octanol–water partition coefficient (Wildman–Crippen LogP) is 3.46. The highest BCUT2D eigenvalue weighted by Crippen LogP contribution is 2.69. The van der Waals surface area contributed by atoms with Gasteiger partial charge in [-0.3, -0.25) is 28.6 Å². The summed E-state index contributed by atoms with van der Waals surface area (Å²) in [4.78, 5) is 58.6. The second-order valence-corrected chi connectivity index (χ2v) is 14.1. The fourth-order valence-electron chi connectivity index (χ4n) is 8.32. The molecule has 11 heteroatoms. The summed E-state index contributed by atoms with van der Waals surface area (Å²) in [5.74, 6) is -0.250. The second-order valence-electron chi connectivity index (χ2n) is 12.0. The number of amides is 3. The number of methoxy groups -OCH3 is 1. The lowest BCUT2D eigenvalue weighted by Crippen LogP contribution is -2.44. The van der Waals surface area contributed by atoms with Crippen LogP contribution >= 0.6 is 23.1 Å². The van der Waals surface area contributed by atoms with Gasteiger partial charge in [0.25, 0.3) is 0 Å². The average Bonchev–Trinajstić information content (AvgIpc) is 3.76. The molecular weight excluding hydrogens is 587 g/mol.